The van der Waals surface area contributed by atoms with E-state index in [0.717, 1.165) is 12.0 Å². The molecule has 15 heavy (non-hydrogen) atoms. The molecule has 1 saturated carbocycles. The van der Waals surface area contributed by atoms with E-state index in [1.165, 1.54) is 64.3 Å². The van der Waals surface area contributed by atoms with Crippen molar-refractivity contribution in [3.8, 4) is 0 Å². The summed E-state index contributed by atoms with van der Waals surface area (Å²) in [5.74, 6) is 0.979. The van der Waals surface area contributed by atoms with Crippen LogP contribution in [0, 0.1) is 5.92 Å². The monoisotopic (exact) mass is 211 g/mol. The van der Waals surface area contributed by atoms with E-state index in [1.54, 1.807) is 0 Å². The van der Waals surface area contributed by atoms with Gasteiger partial charge in [0.15, 0.2) is 0 Å². The third-order valence-electron chi connectivity index (χ3n) is 3.73. The van der Waals surface area contributed by atoms with Crippen LogP contribution in [0.25, 0.3) is 0 Å². The molecular weight excluding hydrogens is 182 g/mol. The quantitative estimate of drug-likeness (QED) is 0.624. The maximum Gasteiger partial charge on any atom is 0.00672 e. The van der Waals surface area contributed by atoms with Crippen molar-refractivity contribution in [3.63, 3.8) is 0 Å². The van der Waals surface area contributed by atoms with E-state index in [4.69, 9.17) is 0 Å². The lowest BCUT2D eigenvalue weighted by Gasteiger charge is -2.27. The molecule has 0 spiro atoms. The maximum absolute atomic E-state index is 3.72. The zero-order valence-electron chi connectivity index (χ0n) is 10.7. The number of nitrogens with one attached hydrogen (secondary N) is 1. The Bertz CT molecular complexity index is 136. The molecule has 0 unspecified atom stereocenters. The largest absolute Gasteiger partial charge is 0.314 e. The van der Waals surface area contributed by atoms with Gasteiger partial charge in [-0.3, -0.25) is 0 Å². The van der Waals surface area contributed by atoms with Crippen molar-refractivity contribution >= 4 is 0 Å². The van der Waals surface area contributed by atoms with Gasteiger partial charge in [0.1, 0.15) is 0 Å². The molecule has 1 fully saturated rings. The Balaban J connectivity index is 1.87. The lowest BCUT2D eigenvalue weighted by Crippen LogP contribution is -2.33. The second kappa shape index (κ2) is 8.15. The highest BCUT2D eigenvalue weighted by Crippen LogP contribution is 2.23. The summed E-state index contributed by atoms with van der Waals surface area (Å²) < 4.78 is 0. The van der Waals surface area contributed by atoms with Crippen molar-refractivity contribution < 1.29 is 0 Å². The van der Waals surface area contributed by atoms with Gasteiger partial charge in [-0.15, -0.1) is 0 Å². The lowest BCUT2D eigenvalue weighted by molar-refractivity contribution is 0.306. The number of rotatable bonds is 7. The average Bonchev–Trinajstić information content (AvgIpc) is 2.26. The molecule has 0 saturated heterocycles. The Labute approximate surface area is 96.0 Å². The van der Waals surface area contributed by atoms with Gasteiger partial charge >= 0.3 is 0 Å². The minimum atomic E-state index is 0.840. The average molecular weight is 211 g/mol. The summed E-state index contributed by atoms with van der Waals surface area (Å²) in [6, 6.07) is 0.840. The molecule has 1 N–H and O–H groups in total. The fourth-order valence-corrected chi connectivity index (χ4v) is 2.50. The first-order valence-corrected chi connectivity index (χ1v) is 7.06. The molecule has 0 atom stereocenters. The Morgan fingerprint density at radius 3 is 2.27 bits per heavy atom. The van der Waals surface area contributed by atoms with Crippen molar-refractivity contribution in [1.29, 1.82) is 0 Å². The van der Waals surface area contributed by atoms with Crippen molar-refractivity contribution in [1.82, 2.24) is 5.32 Å². The fraction of sp³-hybridized carbons (Fsp3) is 1.00. The van der Waals surface area contributed by atoms with Crippen molar-refractivity contribution in [3.05, 3.63) is 0 Å². The number of hydrogen-bond donors (Lipinski definition) is 1. The lowest BCUT2D eigenvalue weighted by atomic mass is 9.87. The van der Waals surface area contributed by atoms with E-state index in [9.17, 15) is 0 Å². The maximum atomic E-state index is 3.72. The van der Waals surface area contributed by atoms with Crippen LogP contribution >= 0.6 is 0 Å². The van der Waals surface area contributed by atoms with Crippen LogP contribution in [0.5, 0.6) is 0 Å². The predicted octanol–water partition coefficient (Wildman–Crippen LogP) is 4.13. The second-order valence-electron chi connectivity index (χ2n) is 5.33. The molecule has 90 valence electrons. The van der Waals surface area contributed by atoms with Crippen LogP contribution in [0.1, 0.15) is 71.6 Å². The second-order valence-corrected chi connectivity index (χ2v) is 5.33. The van der Waals surface area contributed by atoms with Gasteiger partial charge in [0.25, 0.3) is 0 Å². The normalized spacial score (nSPS) is 26.8. The molecule has 1 aliphatic rings. The zero-order valence-corrected chi connectivity index (χ0v) is 10.7. The van der Waals surface area contributed by atoms with Gasteiger partial charge < -0.3 is 5.32 Å². The van der Waals surface area contributed by atoms with E-state index in [2.05, 4.69) is 19.2 Å². The van der Waals surface area contributed by atoms with E-state index >= 15 is 0 Å². The minimum Gasteiger partial charge on any atom is -0.314 e. The van der Waals surface area contributed by atoms with Gasteiger partial charge in [-0.05, 0) is 44.6 Å². The van der Waals surface area contributed by atoms with Gasteiger partial charge in [-0.2, -0.15) is 0 Å². The zero-order chi connectivity index (χ0) is 10.9. The Morgan fingerprint density at radius 1 is 0.933 bits per heavy atom. The highest BCUT2D eigenvalue weighted by atomic mass is 14.9. The standard InChI is InChI=1S/C14H29N/c1-3-4-5-6-7-12-15-14-10-8-13(2)9-11-14/h13-15H,3-12H2,1-2H3. The highest BCUT2D eigenvalue weighted by Gasteiger charge is 2.16. The van der Waals surface area contributed by atoms with E-state index < -0.39 is 0 Å². The summed E-state index contributed by atoms with van der Waals surface area (Å²) in [6.07, 6.45) is 12.7. The Kier molecular flexibility index (Phi) is 7.08. The fourth-order valence-electron chi connectivity index (χ4n) is 2.50. The van der Waals surface area contributed by atoms with Crippen molar-refractivity contribution in [2.24, 2.45) is 5.92 Å². The molecular formula is C14H29N. The van der Waals surface area contributed by atoms with Gasteiger partial charge in [0.05, 0.1) is 0 Å². The molecule has 0 aromatic carbocycles. The van der Waals surface area contributed by atoms with Crippen LogP contribution < -0.4 is 5.32 Å². The molecule has 1 aliphatic carbocycles. The third-order valence-corrected chi connectivity index (χ3v) is 3.73. The van der Waals surface area contributed by atoms with Crippen molar-refractivity contribution in [2.45, 2.75) is 77.7 Å². The van der Waals surface area contributed by atoms with Gasteiger partial charge in [0.2, 0.25) is 0 Å². The van der Waals surface area contributed by atoms with Gasteiger partial charge in [-0.1, -0.05) is 39.5 Å². The predicted molar refractivity (Wildman–Crippen MR) is 68.2 cm³/mol. The number of hydrogen-bond acceptors (Lipinski definition) is 1. The van der Waals surface area contributed by atoms with Gasteiger partial charge in [-0.25, -0.2) is 0 Å². The molecule has 0 amide bonds. The van der Waals surface area contributed by atoms with Crippen LogP contribution in [-0.2, 0) is 0 Å². The summed E-state index contributed by atoms with van der Waals surface area (Å²) in [6.45, 7) is 5.92. The van der Waals surface area contributed by atoms with Crippen molar-refractivity contribution in [2.75, 3.05) is 6.54 Å². The Morgan fingerprint density at radius 2 is 1.60 bits per heavy atom. The third kappa shape index (κ3) is 6.19. The molecule has 1 heteroatoms. The summed E-state index contributed by atoms with van der Waals surface area (Å²) in [4.78, 5) is 0. The van der Waals surface area contributed by atoms with Crippen LogP contribution in [0.2, 0.25) is 0 Å². The van der Waals surface area contributed by atoms with Crippen LogP contribution in [0.4, 0.5) is 0 Å². The molecule has 1 rings (SSSR count). The van der Waals surface area contributed by atoms with E-state index in [1.807, 2.05) is 0 Å². The summed E-state index contributed by atoms with van der Waals surface area (Å²) in [5.41, 5.74) is 0. The highest BCUT2D eigenvalue weighted by molar-refractivity contribution is 4.74. The van der Waals surface area contributed by atoms with Crippen LogP contribution in [0.3, 0.4) is 0 Å². The van der Waals surface area contributed by atoms with Gasteiger partial charge in [0, 0.05) is 6.04 Å². The first-order chi connectivity index (χ1) is 7.33. The first-order valence-electron chi connectivity index (χ1n) is 7.06. The summed E-state index contributed by atoms with van der Waals surface area (Å²) in [5, 5.41) is 3.72. The van der Waals surface area contributed by atoms with Crippen LogP contribution in [0.15, 0.2) is 0 Å². The molecule has 0 bridgehead atoms. The summed E-state index contributed by atoms with van der Waals surface area (Å²) in [7, 11) is 0. The first kappa shape index (κ1) is 13.0. The molecule has 1 nitrogen and oxygen atoms in total. The SMILES string of the molecule is CCCCCCCNC1CCC(C)CC1. The van der Waals surface area contributed by atoms with E-state index in [0.29, 0.717) is 0 Å². The molecule has 0 radical (unpaired) electrons. The molecule has 0 aromatic heterocycles. The summed E-state index contributed by atoms with van der Waals surface area (Å²) >= 11 is 0. The molecule has 0 aliphatic heterocycles. The molecule has 0 aromatic rings. The smallest absolute Gasteiger partial charge is 0.00672 e. The minimum absolute atomic E-state index is 0.840. The van der Waals surface area contributed by atoms with Crippen LogP contribution in [-0.4, -0.2) is 12.6 Å². The number of unbranched alkanes of at least 4 members (excludes halogenated alkanes) is 4. The Hall–Kier alpha value is -0.0400. The van der Waals surface area contributed by atoms with E-state index in [-0.39, 0.29) is 0 Å². The molecule has 0 heterocycles. The topological polar surface area (TPSA) is 12.0 Å².